The molecular weight excluding hydrogens is 504 g/mol. The fourth-order valence-electron chi connectivity index (χ4n) is 5.87. The summed E-state index contributed by atoms with van der Waals surface area (Å²) >= 11 is 0. The van der Waals surface area contributed by atoms with Gasteiger partial charge in [0.1, 0.15) is 5.78 Å². The van der Waals surface area contributed by atoms with Crippen LogP contribution in [0.25, 0.3) is 0 Å². The van der Waals surface area contributed by atoms with Crippen molar-refractivity contribution >= 4 is 29.7 Å². The van der Waals surface area contributed by atoms with Gasteiger partial charge >= 0.3 is 23.9 Å². The number of ketones is 1. The molecule has 0 saturated heterocycles. The maximum absolute atomic E-state index is 13.8. The van der Waals surface area contributed by atoms with Crippen LogP contribution in [0, 0.1) is 23.7 Å². The molecule has 0 spiro atoms. The van der Waals surface area contributed by atoms with Crippen LogP contribution in [0.3, 0.4) is 0 Å². The second-order valence-electron chi connectivity index (χ2n) is 10.3. The maximum atomic E-state index is 13.8. The van der Waals surface area contributed by atoms with Gasteiger partial charge in [0.15, 0.2) is 23.0 Å². The number of hydrogen-bond donors (Lipinski definition) is 0. The van der Waals surface area contributed by atoms with Gasteiger partial charge in [0.05, 0.1) is 0 Å². The van der Waals surface area contributed by atoms with Crippen LogP contribution >= 0.6 is 0 Å². The summed E-state index contributed by atoms with van der Waals surface area (Å²) in [6.07, 6.45) is 3.83. The van der Waals surface area contributed by atoms with Gasteiger partial charge in [-0.1, -0.05) is 12.1 Å². The van der Waals surface area contributed by atoms with E-state index in [1.165, 1.54) is 27.7 Å². The SMILES string of the molecule is CC(=O)Oc1ccc(CC2C(=O)C(Cc3ccc(OC(C)=O)c(OC(C)=O)c3)C3CCC2C3)cc1OC(C)=O. The van der Waals surface area contributed by atoms with Crippen molar-refractivity contribution in [2.75, 3.05) is 0 Å². The Morgan fingerprint density at radius 1 is 0.615 bits per heavy atom. The summed E-state index contributed by atoms with van der Waals surface area (Å²) in [5, 5.41) is 0. The van der Waals surface area contributed by atoms with Crippen molar-refractivity contribution in [3.63, 3.8) is 0 Å². The molecular formula is C30H32O9. The third-order valence-electron chi connectivity index (χ3n) is 7.32. The first-order valence-corrected chi connectivity index (χ1v) is 13.0. The normalized spacial score (nSPS) is 21.7. The molecule has 2 fully saturated rings. The molecule has 4 rings (SSSR count). The molecule has 4 atom stereocenters. The van der Waals surface area contributed by atoms with Gasteiger partial charge in [-0.2, -0.15) is 0 Å². The van der Waals surface area contributed by atoms with E-state index in [1.54, 1.807) is 36.4 Å². The van der Waals surface area contributed by atoms with E-state index in [4.69, 9.17) is 18.9 Å². The molecule has 4 unspecified atom stereocenters. The van der Waals surface area contributed by atoms with Crippen molar-refractivity contribution < 1.29 is 42.9 Å². The minimum atomic E-state index is -0.541. The number of benzene rings is 2. The van der Waals surface area contributed by atoms with Crippen LogP contribution in [-0.2, 0) is 36.8 Å². The molecule has 0 aliphatic heterocycles. The average molecular weight is 537 g/mol. The number of fused-ring (bicyclic) bond motifs is 2. The van der Waals surface area contributed by atoms with Crippen molar-refractivity contribution in [3.8, 4) is 23.0 Å². The highest BCUT2D eigenvalue weighted by atomic mass is 16.6. The van der Waals surface area contributed by atoms with E-state index in [0.29, 0.717) is 12.8 Å². The fraction of sp³-hybridized carbons (Fsp3) is 0.433. The van der Waals surface area contributed by atoms with E-state index in [2.05, 4.69) is 0 Å². The van der Waals surface area contributed by atoms with Gasteiger partial charge in [0.2, 0.25) is 0 Å². The van der Waals surface area contributed by atoms with E-state index >= 15 is 0 Å². The molecule has 9 nitrogen and oxygen atoms in total. The largest absolute Gasteiger partial charge is 0.423 e. The van der Waals surface area contributed by atoms with Crippen LogP contribution in [0.1, 0.15) is 58.1 Å². The Labute approximate surface area is 226 Å². The molecule has 0 radical (unpaired) electrons. The minimum Gasteiger partial charge on any atom is -0.423 e. The van der Waals surface area contributed by atoms with Crippen LogP contribution in [0.15, 0.2) is 36.4 Å². The monoisotopic (exact) mass is 536 g/mol. The first kappa shape index (κ1) is 28.0. The number of ether oxygens (including phenoxy) is 4. The van der Waals surface area contributed by atoms with Crippen LogP contribution in [-0.4, -0.2) is 29.7 Å². The number of carbonyl (C=O) groups is 5. The first-order chi connectivity index (χ1) is 18.5. The van der Waals surface area contributed by atoms with E-state index in [9.17, 15) is 24.0 Å². The van der Waals surface area contributed by atoms with Gasteiger partial charge in [-0.25, -0.2) is 0 Å². The number of carbonyl (C=O) groups excluding carboxylic acids is 5. The molecule has 2 saturated carbocycles. The molecule has 206 valence electrons. The topological polar surface area (TPSA) is 122 Å². The summed E-state index contributed by atoms with van der Waals surface area (Å²) in [6.45, 7) is 5.07. The lowest BCUT2D eigenvalue weighted by atomic mass is 9.68. The molecule has 0 N–H and O–H groups in total. The van der Waals surface area contributed by atoms with Gasteiger partial charge in [-0.3, -0.25) is 24.0 Å². The van der Waals surface area contributed by atoms with Crippen LogP contribution in [0.5, 0.6) is 23.0 Å². The summed E-state index contributed by atoms with van der Waals surface area (Å²) in [5.41, 5.74) is 1.62. The second-order valence-corrected chi connectivity index (χ2v) is 10.3. The Hall–Kier alpha value is -4.01. The molecule has 0 heterocycles. The van der Waals surface area contributed by atoms with Crippen molar-refractivity contribution in [1.82, 2.24) is 0 Å². The molecule has 2 aromatic carbocycles. The average Bonchev–Trinajstić information content (AvgIpc) is 3.27. The summed E-state index contributed by atoms with van der Waals surface area (Å²) in [4.78, 5) is 60.0. The van der Waals surface area contributed by atoms with Crippen LogP contribution < -0.4 is 18.9 Å². The van der Waals surface area contributed by atoms with Gasteiger partial charge in [0.25, 0.3) is 0 Å². The number of hydrogen-bond acceptors (Lipinski definition) is 9. The minimum absolute atomic E-state index is 0.144. The highest BCUT2D eigenvalue weighted by Crippen LogP contribution is 2.49. The quantitative estimate of drug-likeness (QED) is 0.357. The molecule has 2 bridgehead atoms. The van der Waals surface area contributed by atoms with Gasteiger partial charge in [-0.05, 0) is 79.3 Å². The predicted octanol–water partition coefficient (Wildman–Crippen LogP) is 4.40. The smallest absolute Gasteiger partial charge is 0.308 e. The lowest BCUT2D eigenvalue weighted by Gasteiger charge is -2.34. The summed E-state index contributed by atoms with van der Waals surface area (Å²) in [5.74, 6) is -1.24. The summed E-state index contributed by atoms with van der Waals surface area (Å²) < 4.78 is 20.9. The molecule has 2 aliphatic carbocycles. The van der Waals surface area contributed by atoms with Crippen molar-refractivity contribution in [2.45, 2.75) is 59.8 Å². The standard InChI is InChI=1S/C30H32O9/c1-16(31)36-26-9-5-20(13-28(26)38-18(3)33)11-24-22-7-8-23(15-22)25(30(24)35)12-21-6-10-27(37-17(2)32)29(14-21)39-19(4)34/h5-6,9-10,13-14,22-25H,7-8,11-12,15H2,1-4H3. The lowest BCUT2D eigenvalue weighted by molar-refractivity contribution is -0.134. The Bertz CT molecular complexity index is 1210. The third kappa shape index (κ3) is 6.90. The molecule has 9 heteroatoms. The highest BCUT2D eigenvalue weighted by Gasteiger charge is 2.47. The van der Waals surface area contributed by atoms with E-state index in [1.807, 2.05) is 0 Å². The van der Waals surface area contributed by atoms with E-state index < -0.39 is 23.9 Å². The zero-order chi connectivity index (χ0) is 28.3. The molecule has 0 aromatic heterocycles. The van der Waals surface area contributed by atoms with Crippen molar-refractivity contribution in [1.29, 1.82) is 0 Å². The number of rotatable bonds is 8. The molecule has 2 aromatic rings. The first-order valence-electron chi connectivity index (χ1n) is 13.0. The van der Waals surface area contributed by atoms with E-state index in [-0.39, 0.29) is 52.5 Å². The second kappa shape index (κ2) is 11.8. The summed E-state index contributed by atoms with van der Waals surface area (Å²) in [6, 6.07) is 10.0. The molecule has 0 amide bonds. The fourth-order valence-corrected chi connectivity index (χ4v) is 5.87. The maximum Gasteiger partial charge on any atom is 0.308 e. The zero-order valence-electron chi connectivity index (χ0n) is 22.5. The van der Waals surface area contributed by atoms with Crippen LogP contribution in [0.4, 0.5) is 0 Å². The lowest BCUT2D eigenvalue weighted by Crippen LogP contribution is -2.38. The third-order valence-corrected chi connectivity index (χ3v) is 7.32. The Morgan fingerprint density at radius 2 is 0.974 bits per heavy atom. The van der Waals surface area contributed by atoms with Crippen molar-refractivity contribution in [3.05, 3.63) is 47.5 Å². The van der Waals surface area contributed by atoms with Gasteiger partial charge in [-0.15, -0.1) is 0 Å². The van der Waals surface area contributed by atoms with Crippen LogP contribution in [0.2, 0.25) is 0 Å². The Morgan fingerprint density at radius 3 is 1.33 bits per heavy atom. The summed E-state index contributed by atoms with van der Waals surface area (Å²) in [7, 11) is 0. The zero-order valence-corrected chi connectivity index (χ0v) is 22.5. The van der Waals surface area contributed by atoms with Gasteiger partial charge < -0.3 is 18.9 Å². The molecule has 39 heavy (non-hydrogen) atoms. The molecule has 2 aliphatic rings. The Kier molecular flexibility index (Phi) is 8.47. The number of Topliss-reactive ketones (excluding diaryl/α,β-unsaturated/α-hetero) is 1. The van der Waals surface area contributed by atoms with E-state index in [0.717, 1.165) is 30.4 Å². The van der Waals surface area contributed by atoms with Gasteiger partial charge in [0, 0.05) is 39.5 Å². The number of esters is 4. The highest BCUT2D eigenvalue weighted by molar-refractivity contribution is 5.86. The Balaban J connectivity index is 1.56. The predicted molar refractivity (Wildman–Crippen MR) is 138 cm³/mol. The van der Waals surface area contributed by atoms with Crippen molar-refractivity contribution in [2.24, 2.45) is 23.7 Å².